The number of rotatable bonds is 0. The molecule has 5 aromatic carbocycles. The van der Waals surface area contributed by atoms with E-state index >= 15 is 0 Å². The fourth-order valence-corrected chi connectivity index (χ4v) is 12.6. The summed E-state index contributed by atoms with van der Waals surface area (Å²) in [7, 11) is 0. The minimum atomic E-state index is 0.0381. The van der Waals surface area contributed by atoms with E-state index in [1.807, 2.05) is 114 Å². The van der Waals surface area contributed by atoms with Crippen molar-refractivity contribution in [2.45, 2.75) is 490 Å². The van der Waals surface area contributed by atoms with Gasteiger partial charge in [-0.25, -0.2) is 24.9 Å². The molecule has 12 aromatic rings. The molecular weight excluding hydrogens is 1830 g/mol. The van der Waals surface area contributed by atoms with Crippen LogP contribution in [0.1, 0.15) is 484 Å². The first-order valence-electron chi connectivity index (χ1n) is 54.9. The van der Waals surface area contributed by atoms with E-state index in [1.165, 1.54) is 66.9 Å². The fourth-order valence-electron chi connectivity index (χ4n) is 11.6. The lowest BCUT2D eigenvalue weighted by Gasteiger charge is -2.26. The third-order valence-electron chi connectivity index (χ3n) is 19.6. The lowest BCUT2D eigenvalue weighted by Crippen LogP contribution is -2.22. The van der Waals surface area contributed by atoms with Crippen LogP contribution in [0.2, 0.25) is 0 Å². The lowest BCUT2D eigenvalue weighted by atomic mass is 9.79. The van der Waals surface area contributed by atoms with E-state index in [0.717, 1.165) is 51.9 Å². The van der Waals surface area contributed by atoms with Gasteiger partial charge >= 0.3 is 0 Å². The third kappa shape index (κ3) is 73.0. The Morgan fingerprint density at radius 2 is 0.591 bits per heavy atom. The summed E-state index contributed by atoms with van der Waals surface area (Å²) in [4.78, 5) is 39.4. The largest absolute Gasteiger partial charge is 0.267 e. The first-order chi connectivity index (χ1) is 66.5. The van der Waals surface area contributed by atoms with Crippen LogP contribution in [0.5, 0.6) is 0 Å². The average Bonchev–Trinajstić information content (AvgIpc) is 1.65. The van der Waals surface area contributed by atoms with Gasteiger partial charge in [0.25, 0.3) is 0 Å². The van der Waals surface area contributed by atoms with Crippen molar-refractivity contribution in [3.05, 3.63) is 275 Å². The maximum absolute atomic E-state index is 4.78. The number of pyridine rings is 3. The van der Waals surface area contributed by atoms with Crippen molar-refractivity contribution in [1.29, 1.82) is 0 Å². The molecule has 0 bridgehead atoms. The summed E-state index contributed by atoms with van der Waals surface area (Å²) in [5.74, 6) is 2.64. The van der Waals surface area contributed by atoms with Crippen LogP contribution >= 0.6 is 11.3 Å². The fraction of sp³-hybridized carbons (Fsp3) is 0.606. The SMILES string of the molecule is CC(C)(C)C.CC(C)(C)C.CC(C)(C)C.CC(C)(C)C.CC(C)(C)C.CC(C)(C)C.CC(C)(C)C.CC(C)(C)C1=Nc2ccccc2C1.CC(C)(C)C1Cc2ccccc2C1.CC(C)(C)c1ccc(C(C)(C)C)nc1.CC(C)(C)c1ccc2sc(C(C)(C)C)nc2c1.CC(C)(C)c1cnc(C(C)(C)C)nc1.CC(C)(C)c1cnn(C(C)(C)C)c1.CC(C)(C)c1ncccn1.c1ccc2ncccc2c1.c1ccc2ncccc2c1. The first kappa shape index (κ1) is 142. The smallest absolute Gasteiger partial charge is 0.133 e. The van der Waals surface area contributed by atoms with Crippen LogP contribution in [0.15, 0.2) is 218 Å². The molecule has 0 saturated carbocycles. The molecule has 0 spiro atoms. The summed E-state index contributed by atoms with van der Waals surface area (Å²) in [6, 6.07) is 54.3. The first-order valence-corrected chi connectivity index (χ1v) is 55.7. The van der Waals surface area contributed by atoms with Crippen LogP contribution in [0.3, 0.4) is 0 Å². The third-order valence-corrected chi connectivity index (χ3v) is 21.1. The van der Waals surface area contributed by atoms with E-state index in [1.54, 1.807) is 23.5 Å². The van der Waals surface area contributed by atoms with Crippen molar-refractivity contribution in [2.75, 3.05) is 0 Å². The maximum Gasteiger partial charge on any atom is 0.133 e. The number of benzene rings is 5. The molecule has 0 N–H and O–H groups in total. The van der Waals surface area contributed by atoms with Gasteiger partial charge in [0.15, 0.2) is 0 Å². The lowest BCUT2D eigenvalue weighted by molar-refractivity contribution is 0.251. The molecule has 149 heavy (non-hydrogen) atoms. The van der Waals surface area contributed by atoms with Crippen molar-refractivity contribution in [1.82, 2.24) is 49.7 Å². The molecule has 7 aromatic heterocycles. The predicted octanol–water partition coefficient (Wildman–Crippen LogP) is 42.0. The molecule has 0 saturated heterocycles. The molecule has 0 atom stereocenters. The minimum absolute atomic E-state index is 0.0381. The van der Waals surface area contributed by atoms with Crippen molar-refractivity contribution in [3.63, 3.8) is 0 Å². The summed E-state index contributed by atoms with van der Waals surface area (Å²) < 4.78 is 3.32. The van der Waals surface area contributed by atoms with Gasteiger partial charge in [-0.05, 0) is 198 Å². The van der Waals surface area contributed by atoms with E-state index in [4.69, 9.17) is 4.98 Å². The Morgan fingerprint density at radius 1 is 0.262 bits per heavy atom. The molecule has 834 valence electrons. The maximum atomic E-state index is 4.78. The van der Waals surface area contributed by atoms with Crippen LogP contribution in [0, 0.1) is 54.7 Å². The van der Waals surface area contributed by atoms with Gasteiger partial charge in [-0.3, -0.25) is 24.6 Å². The number of para-hydroxylation sites is 3. The zero-order valence-electron chi connectivity index (χ0n) is 108. The number of fused-ring (bicyclic) bond motifs is 5. The van der Waals surface area contributed by atoms with Gasteiger partial charge < -0.3 is 0 Å². The second-order valence-corrected chi connectivity index (χ2v) is 63.6. The van der Waals surface area contributed by atoms with Crippen LogP contribution in [-0.4, -0.2) is 55.4 Å². The monoisotopic (exact) mass is 2060 g/mol. The van der Waals surface area contributed by atoms with E-state index in [-0.39, 0.29) is 54.3 Å². The molecular formula is C137H225N11S. The number of nitrogens with zero attached hydrogens (tertiary/aromatic N) is 11. The molecule has 0 unspecified atom stereocenters. The Hall–Kier alpha value is -9.00. The standard InChI is InChI=1S/C15H21NS.C13H21N.C13H18.C12H20N2.C12H15N.C11H20N2.2C9H7N.C8H12N2.7C5H12/c1-14(2,3)10-7-8-12-11(9-10)16-13(17-12)15(4,5)6;1-12(2,3)10-7-8-11(14-9-10)13(4,5)6;1-13(2,3)12-8-10-6-4-5-7-11(10)9-12;1-11(2,3)9-7-13-10(14-8-9)12(4,5)6;1-12(2,3)11-8-9-6-4-5-7-10(9)13-11;1-10(2,3)9-7-12-13(8-9)11(4,5)6;2*1-2-6-9-8(4-1)5-3-7-10-9;1-8(2,3)7-9-5-4-6-10-7;7*1-5(2,3)4/h7-9H,1-6H3;7-9H,1-6H3;4-7,12H,8-9H2,1-3H3;7-8H,1-6H3;4-7H,8H2,1-3H3;7-8H,1-6H3;2*1-7H;4-6H,1-3H3;7*1-4H3. The molecule has 14 rings (SSSR count). The van der Waals surface area contributed by atoms with Gasteiger partial charge in [0.1, 0.15) is 11.6 Å². The van der Waals surface area contributed by atoms with E-state index in [9.17, 15) is 0 Å². The summed E-state index contributed by atoms with van der Waals surface area (Å²) >= 11 is 1.81. The molecule has 0 radical (unpaired) electrons. The number of aliphatic imine (C=N–C) groups is 1. The second kappa shape index (κ2) is 59.5. The van der Waals surface area contributed by atoms with Gasteiger partial charge in [0.05, 0.1) is 43.7 Å². The van der Waals surface area contributed by atoms with Crippen LogP contribution in [0.25, 0.3) is 32.0 Å². The Labute approximate surface area is 923 Å². The highest BCUT2D eigenvalue weighted by molar-refractivity contribution is 7.18. The molecule has 11 nitrogen and oxygen atoms in total. The zero-order valence-corrected chi connectivity index (χ0v) is 109. The Kier molecular flexibility index (Phi) is 56.7. The molecule has 0 fully saturated rings. The molecule has 2 aliphatic rings. The van der Waals surface area contributed by atoms with Crippen LogP contribution in [-0.2, 0) is 68.1 Å². The second-order valence-electron chi connectivity index (χ2n) is 62.6. The number of hydrogen-bond donors (Lipinski definition) is 0. The van der Waals surface area contributed by atoms with Crippen LogP contribution in [0.4, 0.5) is 5.69 Å². The van der Waals surface area contributed by atoms with Crippen molar-refractivity contribution >= 4 is 54.8 Å². The van der Waals surface area contributed by atoms with Crippen molar-refractivity contribution in [3.8, 4) is 0 Å². The summed E-state index contributed by atoms with van der Waals surface area (Å²) in [6.07, 6.45) is 20.7. The normalized spacial score (nSPS) is 12.9. The highest BCUT2D eigenvalue weighted by atomic mass is 32.1. The Bertz CT molecular complexity index is 5140. The molecule has 1 aliphatic carbocycles. The molecule has 0 amide bonds. The van der Waals surface area contributed by atoms with Gasteiger partial charge in [-0.2, -0.15) is 5.10 Å². The topological polar surface area (TPSA) is 133 Å². The van der Waals surface area contributed by atoms with Crippen LogP contribution < -0.4 is 0 Å². The number of aromatic nitrogens is 10. The minimum Gasteiger partial charge on any atom is -0.267 e. The van der Waals surface area contributed by atoms with Gasteiger partial charge in [-0.15, -0.1) is 11.3 Å². The highest BCUT2D eigenvalue weighted by Gasteiger charge is 2.32. The van der Waals surface area contributed by atoms with Crippen molar-refractivity contribution in [2.24, 2.45) is 59.6 Å². The van der Waals surface area contributed by atoms with Gasteiger partial charge in [0, 0.05) is 105 Å². The number of thiazole rings is 1. The quantitative estimate of drug-likeness (QED) is 0.145. The number of hydrogen-bond acceptors (Lipinski definition) is 11. The summed E-state index contributed by atoms with van der Waals surface area (Å²) in [6.45, 7) is 134. The molecule has 8 heterocycles. The van der Waals surface area contributed by atoms with E-state index in [0.29, 0.717) is 43.3 Å². The van der Waals surface area contributed by atoms with E-state index < -0.39 is 0 Å². The van der Waals surface area contributed by atoms with Gasteiger partial charge in [0.2, 0.25) is 0 Å². The predicted molar refractivity (Wildman–Crippen MR) is 668 cm³/mol. The summed E-state index contributed by atoms with van der Waals surface area (Å²) in [5.41, 5.74) is 21.9. The average molecular weight is 2060 g/mol. The molecule has 1 aliphatic heterocycles. The van der Waals surface area contributed by atoms with Crippen molar-refractivity contribution < 1.29 is 0 Å². The van der Waals surface area contributed by atoms with E-state index in [2.05, 4.69) is 571 Å². The summed E-state index contributed by atoms with van der Waals surface area (Å²) in [5, 5.41) is 7.99. The molecule has 12 heteroatoms. The highest BCUT2D eigenvalue weighted by Crippen LogP contribution is 2.40. The zero-order chi connectivity index (χ0) is 117. The Morgan fingerprint density at radius 3 is 0.886 bits per heavy atom. The van der Waals surface area contributed by atoms with Gasteiger partial charge in [-0.1, -0.05) is 505 Å². The Balaban J connectivity index is 0.